The summed E-state index contributed by atoms with van der Waals surface area (Å²) in [5.74, 6) is 0.126. The molecular weight excluding hydrogens is 583 g/mol. The van der Waals surface area contributed by atoms with E-state index >= 15 is 4.39 Å². The number of amides is 3. The number of hydrogen-bond acceptors (Lipinski definition) is 7. The zero-order chi connectivity index (χ0) is 28.8. The zero-order valence-electron chi connectivity index (χ0n) is 23.1. The maximum Gasteiger partial charge on any atom is 0.330 e. The SMILES string of the molecule is C1CCC1.C=CC(=O)NC1CCCCC1Nc1ncc2c(n1)N(C)C(=O)N(c1c(F)c(OC)cc(OC)c1Br)C2. The molecule has 0 bridgehead atoms. The number of carbonyl (C=O) groups is 2. The van der Waals surface area contributed by atoms with Crippen LogP contribution in [0.25, 0.3) is 0 Å². The molecule has 1 aliphatic heterocycles. The molecule has 5 rings (SSSR count). The molecule has 2 heterocycles. The topological polar surface area (TPSA) is 109 Å². The van der Waals surface area contributed by atoms with Crippen molar-refractivity contribution in [1.82, 2.24) is 15.3 Å². The molecule has 2 unspecified atom stereocenters. The van der Waals surface area contributed by atoms with Gasteiger partial charge in [0, 0.05) is 37.0 Å². The number of hydrogen-bond donors (Lipinski definition) is 2. The summed E-state index contributed by atoms with van der Waals surface area (Å²) in [5.41, 5.74) is 0.634. The predicted molar refractivity (Wildman–Crippen MR) is 156 cm³/mol. The minimum atomic E-state index is -0.695. The summed E-state index contributed by atoms with van der Waals surface area (Å²) >= 11 is 3.36. The van der Waals surface area contributed by atoms with Crippen molar-refractivity contribution in [3.8, 4) is 11.5 Å². The Kier molecular flexibility index (Phi) is 9.83. The van der Waals surface area contributed by atoms with Gasteiger partial charge in [0.05, 0.1) is 25.2 Å². The van der Waals surface area contributed by atoms with Crippen molar-refractivity contribution in [1.29, 1.82) is 0 Å². The molecule has 2 N–H and O–H groups in total. The quantitative estimate of drug-likeness (QED) is 0.391. The van der Waals surface area contributed by atoms with E-state index in [1.807, 2.05) is 0 Å². The van der Waals surface area contributed by atoms with Gasteiger partial charge in [-0.1, -0.05) is 45.1 Å². The van der Waals surface area contributed by atoms with Gasteiger partial charge in [-0.3, -0.25) is 14.6 Å². The second-order valence-electron chi connectivity index (χ2n) is 10.00. The minimum absolute atomic E-state index is 0.00101. The van der Waals surface area contributed by atoms with E-state index in [0.717, 1.165) is 25.7 Å². The van der Waals surface area contributed by atoms with Crippen LogP contribution in [-0.2, 0) is 11.3 Å². The highest BCUT2D eigenvalue weighted by atomic mass is 79.9. The van der Waals surface area contributed by atoms with Crippen LogP contribution in [0.15, 0.2) is 29.4 Å². The number of rotatable bonds is 7. The molecule has 2 atom stereocenters. The fraction of sp³-hybridized carbons (Fsp3) is 0.500. The lowest BCUT2D eigenvalue weighted by Gasteiger charge is -2.36. The predicted octanol–water partition coefficient (Wildman–Crippen LogP) is 5.56. The molecule has 0 spiro atoms. The minimum Gasteiger partial charge on any atom is -0.495 e. The molecule has 3 amide bonds. The highest BCUT2D eigenvalue weighted by molar-refractivity contribution is 9.10. The van der Waals surface area contributed by atoms with Crippen LogP contribution >= 0.6 is 15.9 Å². The number of fused-ring (bicyclic) bond motifs is 1. The number of aromatic nitrogens is 2. The van der Waals surface area contributed by atoms with Gasteiger partial charge in [0.2, 0.25) is 11.9 Å². The molecule has 0 radical (unpaired) electrons. The van der Waals surface area contributed by atoms with Crippen LogP contribution in [0.1, 0.15) is 56.9 Å². The van der Waals surface area contributed by atoms with E-state index in [1.54, 1.807) is 13.2 Å². The molecule has 10 nitrogen and oxygen atoms in total. The van der Waals surface area contributed by atoms with Crippen LogP contribution in [0.4, 0.5) is 26.6 Å². The molecule has 2 aromatic rings. The molecule has 40 heavy (non-hydrogen) atoms. The van der Waals surface area contributed by atoms with Crippen molar-refractivity contribution in [2.45, 2.75) is 70.0 Å². The van der Waals surface area contributed by atoms with Crippen molar-refractivity contribution < 1.29 is 23.5 Å². The number of nitrogens with zero attached hydrogens (tertiary/aromatic N) is 4. The Balaban J connectivity index is 0.000000848. The molecule has 12 heteroatoms. The maximum atomic E-state index is 15.3. The maximum absolute atomic E-state index is 15.3. The van der Waals surface area contributed by atoms with Gasteiger partial charge in [-0.2, -0.15) is 4.98 Å². The van der Waals surface area contributed by atoms with Gasteiger partial charge < -0.3 is 20.1 Å². The number of benzene rings is 1. The van der Waals surface area contributed by atoms with Gasteiger partial charge in [-0.05, 0) is 34.8 Å². The Morgan fingerprint density at radius 2 is 1.77 bits per heavy atom. The van der Waals surface area contributed by atoms with Crippen LogP contribution in [0, 0.1) is 5.82 Å². The number of anilines is 3. The summed E-state index contributed by atoms with van der Waals surface area (Å²) in [5, 5.41) is 6.28. The number of urea groups is 1. The number of nitrogens with one attached hydrogen (secondary N) is 2. The first-order valence-corrected chi connectivity index (χ1v) is 14.3. The summed E-state index contributed by atoms with van der Waals surface area (Å²) in [4.78, 5) is 36.8. The van der Waals surface area contributed by atoms with Crippen LogP contribution in [0.3, 0.4) is 0 Å². The summed E-state index contributed by atoms with van der Waals surface area (Å²) < 4.78 is 26.0. The molecule has 216 valence electrons. The number of ether oxygens (including phenoxy) is 2. The number of methoxy groups -OCH3 is 2. The first-order valence-electron chi connectivity index (χ1n) is 13.5. The smallest absolute Gasteiger partial charge is 0.330 e. The number of halogens is 2. The Morgan fingerprint density at radius 3 is 2.38 bits per heavy atom. The fourth-order valence-electron chi connectivity index (χ4n) is 4.80. The van der Waals surface area contributed by atoms with Crippen molar-refractivity contribution in [3.05, 3.63) is 40.8 Å². The average Bonchev–Trinajstić information content (AvgIpc) is 2.92. The van der Waals surface area contributed by atoms with Gasteiger partial charge in [0.15, 0.2) is 11.6 Å². The van der Waals surface area contributed by atoms with Gasteiger partial charge in [-0.25, -0.2) is 14.2 Å². The molecule has 1 aromatic heterocycles. The lowest BCUT2D eigenvalue weighted by atomic mass is 9.90. The van der Waals surface area contributed by atoms with Gasteiger partial charge in [0.25, 0.3) is 0 Å². The Hall–Kier alpha value is -3.41. The molecule has 0 saturated heterocycles. The van der Waals surface area contributed by atoms with Crippen LogP contribution in [0.2, 0.25) is 0 Å². The second-order valence-corrected chi connectivity index (χ2v) is 10.8. The summed E-state index contributed by atoms with van der Waals surface area (Å²) in [6, 6.07) is 0.792. The van der Waals surface area contributed by atoms with Gasteiger partial charge in [0.1, 0.15) is 17.3 Å². The van der Waals surface area contributed by atoms with E-state index in [9.17, 15) is 9.59 Å². The van der Waals surface area contributed by atoms with Gasteiger partial charge >= 0.3 is 6.03 Å². The monoisotopic (exact) mass is 618 g/mol. The van der Waals surface area contributed by atoms with Crippen LogP contribution < -0.4 is 29.9 Å². The fourth-order valence-corrected chi connectivity index (χ4v) is 5.46. The lowest BCUT2D eigenvalue weighted by molar-refractivity contribution is -0.117. The third kappa shape index (κ3) is 6.32. The zero-order valence-corrected chi connectivity index (χ0v) is 24.7. The van der Waals surface area contributed by atoms with Crippen LogP contribution in [-0.4, -0.2) is 55.3 Å². The van der Waals surface area contributed by atoms with Crippen LogP contribution in [0.5, 0.6) is 11.5 Å². The normalized spacial score (nSPS) is 19.9. The van der Waals surface area contributed by atoms with E-state index in [4.69, 9.17) is 9.47 Å². The largest absolute Gasteiger partial charge is 0.495 e. The second kappa shape index (κ2) is 13.3. The Bertz CT molecular complexity index is 1230. The van der Waals surface area contributed by atoms with E-state index in [2.05, 4.69) is 43.1 Å². The third-order valence-corrected chi connectivity index (χ3v) is 8.19. The molecule has 2 aliphatic carbocycles. The van der Waals surface area contributed by atoms with E-state index in [0.29, 0.717) is 23.1 Å². The first-order chi connectivity index (χ1) is 19.3. The standard InChI is InChI=1S/C24H28BrFN6O4.C4H8/c1-5-18(33)28-14-8-6-7-9-15(14)29-23-27-11-13-12-32(24(34)31(2)22(13)30-23)21-19(25)16(35-3)10-17(36-4)20(21)26;1-2-4-3-1/h5,10-11,14-15H,1,6-9,12H2,2-4H3,(H,28,33)(H,27,29,30);1-4H2. The molecule has 3 aliphatic rings. The summed E-state index contributed by atoms with van der Waals surface area (Å²) in [6.45, 7) is 3.57. The van der Waals surface area contributed by atoms with E-state index < -0.39 is 11.8 Å². The summed E-state index contributed by atoms with van der Waals surface area (Å²) in [6.07, 6.45) is 12.6. The lowest BCUT2D eigenvalue weighted by Crippen LogP contribution is -2.48. The summed E-state index contributed by atoms with van der Waals surface area (Å²) in [7, 11) is 4.36. The first kappa shape index (κ1) is 29.6. The third-order valence-electron chi connectivity index (χ3n) is 7.42. The Morgan fingerprint density at radius 1 is 1.12 bits per heavy atom. The van der Waals surface area contributed by atoms with Crippen molar-refractivity contribution in [2.24, 2.45) is 0 Å². The molecular formula is C28H36BrFN6O4. The Labute approximate surface area is 242 Å². The molecule has 2 fully saturated rings. The average molecular weight is 620 g/mol. The van der Waals surface area contributed by atoms with E-state index in [1.165, 1.54) is 61.8 Å². The van der Waals surface area contributed by atoms with Crippen molar-refractivity contribution in [2.75, 3.05) is 36.4 Å². The highest BCUT2D eigenvalue weighted by Gasteiger charge is 2.36. The van der Waals surface area contributed by atoms with Crippen molar-refractivity contribution >= 4 is 45.3 Å². The molecule has 2 saturated carbocycles. The van der Waals surface area contributed by atoms with Gasteiger partial charge in [-0.15, -0.1) is 0 Å². The highest BCUT2D eigenvalue weighted by Crippen LogP contribution is 2.44. The molecule has 1 aromatic carbocycles. The van der Waals surface area contributed by atoms with E-state index in [-0.39, 0.29) is 40.4 Å². The van der Waals surface area contributed by atoms with Crippen molar-refractivity contribution in [3.63, 3.8) is 0 Å². The number of carbonyl (C=O) groups excluding carboxylic acids is 2.